The van der Waals surface area contributed by atoms with Crippen LogP contribution in [0.5, 0.6) is 0 Å². The van der Waals surface area contributed by atoms with Crippen molar-refractivity contribution in [2.45, 2.75) is 40.3 Å². The van der Waals surface area contributed by atoms with Crippen molar-refractivity contribution in [3.05, 3.63) is 56.0 Å². The van der Waals surface area contributed by atoms with Gasteiger partial charge in [-0.05, 0) is 35.5 Å². The van der Waals surface area contributed by atoms with Gasteiger partial charge in [0.1, 0.15) is 6.54 Å². The maximum absolute atomic E-state index is 12.9. The molecule has 0 bridgehead atoms. The van der Waals surface area contributed by atoms with Gasteiger partial charge < -0.3 is 5.32 Å². The van der Waals surface area contributed by atoms with Crippen molar-refractivity contribution in [3.63, 3.8) is 0 Å². The van der Waals surface area contributed by atoms with Crippen molar-refractivity contribution < 1.29 is 4.79 Å². The van der Waals surface area contributed by atoms with Crippen LogP contribution in [0.2, 0.25) is 0 Å². The minimum Gasteiger partial charge on any atom is -0.324 e. The molecule has 3 rings (SSSR count). The Morgan fingerprint density at radius 1 is 1.22 bits per heavy atom. The van der Waals surface area contributed by atoms with E-state index in [0.717, 1.165) is 29.2 Å². The summed E-state index contributed by atoms with van der Waals surface area (Å²) in [6, 6.07) is 7.55. The van der Waals surface area contributed by atoms with E-state index in [2.05, 4.69) is 9.69 Å². The molecule has 0 saturated heterocycles. The molecule has 0 spiro atoms. The first kappa shape index (κ1) is 19.0. The highest BCUT2D eigenvalue weighted by Gasteiger charge is 2.18. The monoisotopic (exact) mass is 386 g/mol. The molecule has 0 unspecified atom stereocenters. The second-order valence-corrected chi connectivity index (χ2v) is 7.41. The van der Waals surface area contributed by atoms with Crippen LogP contribution in [0, 0.1) is 5.92 Å². The molecule has 0 radical (unpaired) electrons. The molecular formula is C19H22N4O3S. The first-order chi connectivity index (χ1) is 12.9. The number of nitrogens with one attached hydrogen (secondary N) is 1. The van der Waals surface area contributed by atoms with Crippen LogP contribution in [0.1, 0.15) is 26.3 Å². The average Bonchev–Trinajstić information content (AvgIpc) is 3.12. The summed E-state index contributed by atoms with van der Waals surface area (Å²) in [6.45, 7) is 5.97. The molecule has 0 atom stereocenters. The fourth-order valence-corrected chi connectivity index (χ4v) is 3.67. The molecule has 0 fully saturated rings. The molecule has 8 heteroatoms. The van der Waals surface area contributed by atoms with Gasteiger partial charge in [-0.2, -0.15) is 4.37 Å². The van der Waals surface area contributed by atoms with E-state index in [4.69, 9.17) is 0 Å². The summed E-state index contributed by atoms with van der Waals surface area (Å²) in [6.07, 6.45) is 0.786. The van der Waals surface area contributed by atoms with Crippen LogP contribution in [0.15, 0.2) is 39.2 Å². The molecule has 142 valence electrons. The summed E-state index contributed by atoms with van der Waals surface area (Å²) in [5, 5.41) is 4.50. The number of nitrogens with zero attached hydrogens (tertiary/aromatic N) is 3. The zero-order chi connectivity index (χ0) is 19.6. The zero-order valence-electron chi connectivity index (χ0n) is 15.6. The Hall–Kier alpha value is -2.74. The fraction of sp³-hybridized carbons (Fsp3) is 0.368. The van der Waals surface area contributed by atoms with Gasteiger partial charge in [-0.3, -0.25) is 18.7 Å². The van der Waals surface area contributed by atoms with E-state index in [1.807, 2.05) is 45.0 Å². The largest absolute Gasteiger partial charge is 0.332 e. The molecule has 0 saturated carbocycles. The summed E-state index contributed by atoms with van der Waals surface area (Å²) in [5.41, 5.74) is 1.48. The van der Waals surface area contributed by atoms with E-state index in [9.17, 15) is 14.4 Å². The normalized spacial score (nSPS) is 11.3. The molecule has 0 aliphatic rings. The first-order valence-electron chi connectivity index (χ1n) is 8.87. The number of fused-ring (bicyclic) bond motifs is 1. The number of anilines is 1. The van der Waals surface area contributed by atoms with Gasteiger partial charge in [0.05, 0.1) is 5.52 Å². The van der Waals surface area contributed by atoms with Crippen molar-refractivity contribution in [1.29, 1.82) is 0 Å². The highest BCUT2D eigenvalue weighted by molar-refractivity contribution is 7.04. The lowest BCUT2D eigenvalue weighted by Gasteiger charge is -2.14. The highest BCUT2D eigenvalue weighted by atomic mass is 32.1. The molecule has 1 N–H and O–H groups in total. The van der Waals surface area contributed by atoms with Crippen LogP contribution < -0.4 is 16.6 Å². The van der Waals surface area contributed by atoms with E-state index >= 15 is 0 Å². The number of hydrogen-bond acceptors (Lipinski definition) is 5. The van der Waals surface area contributed by atoms with Gasteiger partial charge in [0.25, 0.3) is 5.56 Å². The molecule has 1 aromatic carbocycles. The smallest absolute Gasteiger partial charge is 0.324 e. The quantitative estimate of drug-likeness (QED) is 0.705. The lowest BCUT2D eigenvalue weighted by molar-refractivity contribution is -0.116. The van der Waals surface area contributed by atoms with Crippen molar-refractivity contribution in [3.8, 4) is 0 Å². The number of aromatic nitrogens is 3. The second-order valence-electron chi connectivity index (χ2n) is 6.79. The first-order valence-corrected chi connectivity index (χ1v) is 9.71. The van der Waals surface area contributed by atoms with Crippen LogP contribution >= 0.6 is 11.5 Å². The summed E-state index contributed by atoms with van der Waals surface area (Å²) in [7, 11) is 0. The Kier molecular flexibility index (Phi) is 5.55. The van der Waals surface area contributed by atoms with Gasteiger partial charge in [0, 0.05) is 17.6 Å². The van der Waals surface area contributed by atoms with E-state index in [1.54, 1.807) is 5.38 Å². The molecule has 2 heterocycles. The van der Waals surface area contributed by atoms with E-state index < -0.39 is 11.2 Å². The Morgan fingerprint density at radius 2 is 1.96 bits per heavy atom. The lowest BCUT2D eigenvalue weighted by atomic mass is 10.1. The van der Waals surface area contributed by atoms with E-state index in [-0.39, 0.29) is 30.4 Å². The number of para-hydroxylation sites is 1. The van der Waals surface area contributed by atoms with Gasteiger partial charge in [0.2, 0.25) is 5.91 Å². The molecule has 7 nitrogen and oxygen atoms in total. The Balaban J connectivity index is 1.99. The average molecular weight is 386 g/mol. The number of carbonyl (C=O) groups excluding carboxylic acids is 1. The van der Waals surface area contributed by atoms with Gasteiger partial charge in [-0.15, -0.1) is 0 Å². The van der Waals surface area contributed by atoms with Crippen molar-refractivity contribution >= 4 is 34.2 Å². The predicted octanol–water partition coefficient (Wildman–Crippen LogP) is 2.48. The number of rotatable bonds is 6. The highest BCUT2D eigenvalue weighted by Crippen LogP contribution is 2.16. The number of hydrogen-bond donors (Lipinski definition) is 1. The summed E-state index contributed by atoms with van der Waals surface area (Å²) in [5.74, 6) is -0.203. The summed E-state index contributed by atoms with van der Waals surface area (Å²) in [4.78, 5) is 38.0. The topological polar surface area (TPSA) is 86.0 Å². The van der Waals surface area contributed by atoms with Crippen LogP contribution in [0.25, 0.3) is 11.0 Å². The minimum atomic E-state index is -0.486. The zero-order valence-corrected chi connectivity index (χ0v) is 16.4. The maximum Gasteiger partial charge on any atom is 0.332 e. The van der Waals surface area contributed by atoms with Gasteiger partial charge in [0.15, 0.2) is 5.52 Å². The molecular weight excluding hydrogens is 364 g/mol. The van der Waals surface area contributed by atoms with Gasteiger partial charge in [-0.25, -0.2) is 4.79 Å². The van der Waals surface area contributed by atoms with Crippen molar-refractivity contribution in [2.75, 3.05) is 5.32 Å². The SMILES string of the molecule is CCc1ccccc1NC(=O)Cn1c(=O)n(CC(C)C)c(=O)c2nscc21. The summed E-state index contributed by atoms with van der Waals surface area (Å²) < 4.78 is 6.62. The number of amides is 1. The Morgan fingerprint density at radius 3 is 2.67 bits per heavy atom. The van der Waals surface area contributed by atoms with Gasteiger partial charge >= 0.3 is 5.69 Å². The van der Waals surface area contributed by atoms with Crippen LogP contribution in [0.4, 0.5) is 5.69 Å². The fourth-order valence-electron chi connectivity index (χ4n) is 3.00. The molecule has 0 aliphatic carbocycles. The van der Waals surface area contributed by atoms with Crippen molar-refractivity contribution in [2.24, 2.45) is 5.92 Å². The van der Waals surface area contributed by atoms with Crippen LogP contribution in [-0.2, 0) is 24.3 Å². The molecule has 0 aliphatic heterocycles. The third-order valence-electron chi connectivity index (χ3n) is 4.27. The molecule has 3 aromatic rings. The number of benzene rings is 1. The van der Waals surface area contributed by atoms with Gasteiger partial charge in [-0.1, -0.05) is 39.0 Å². The number of aryl methyl sites for hydroxylation is 1. The molecule has 27 heavy (non-hydrogen) atoms. The molecule has 1 amide bonds. The van der Waals surface area contributed by atoms with Crippen LogP contribution in [0.3, 0.4) is 0 Å². The standard InChI is InChI=1S/C19H22N4O3S/c1-4-13-7-5-6-8-14(13)20-16(24)10-22-15-11-27-21-17(15)18(25)23(19(22)26)9-12(2)3/h5-8,11-12H,4,9-10H2,1-3H3,(H,20,24). The summed E-state index contributed by atoms with van der Waals surface area (Å²) >= 11 is 1.10. The predicted molar refractivity (Wildman–Crippen MR) is 107 cm³/mol. The maximum atomic E-state index is 12.9. The van der Waals surface area contributed by atoms with Crippen molar-refractivity contribution in [1.82, 2.24) is 13.5 Å². The Bertz CT molecular complexity index is 1090. The third kappa shape index (κ3) is 3.85. The van der Waals surface area contributed by atoms with E-state index in [1.165, 1.54) is 9.13 Å². The third-order valence-corrected chi connectivity index (χ3v) is 4.89. The van der Waals surface area contributed by atoms with Crippen LogP contribution in [-0.4, -0.2) is 19.4 Å². The lowest BCUT2D eigenvalue weighted by Crippen LogP contribution is -2.42. The molecule has 2 aromatic heterocycles. The number of carbonyl (C=O) groups is 1. The second kappa shape index (κ2) is 7.87. The Labute approximate surface area is 160 Å². The minimum absolute atomic E-state index is 0.116. The van der Waals surface area contributed by atoms with E-state index in [0.29, 0.717) is 5.52 Å².